The summed E-state index contributed by atoms with van der Waals surface area (Å²) in [6.45, 7) is 0. The number of para-hydroxylation sites is 1. The highest BCUT2D eigenvalue weighted by atomic mass is 19.1. The monoisotopic (exact) mass is 252 g/mol. The molecule has 0 bridgehead atoms. The predicted molar refractivity (Wildman–Crippen MR) is 67.2 cm³/mol. The summed E-state index contributed by atoms with van der Waals surface area (Å²) in [4.78, 5) is 11.1. The average Bonchev–Trinajstić information content (AvgIpc) is 2.34. The van der Waals surface area contributed by atoms with E-state index in [1.165, 1.54) is 18.2 Å². The Labute approximate surface area is 105 Å². The summed E-state index contributed by atoms with van der Waals surface area (Å²) >= 11 is 0. The van der Waals surface area contributed by atoms with Crippen LogP contribution in [0.5, 0.6) is 0 Å². The molecule has 0 amide bonds. The first-order chi connectivity index (χ1) is 8.59. The molecular weight excluding hydrogens is 235 g/mol. The summed E-state index contributed by atoms with van der Waals surface area (Å²) in [5.74, 6) is -1.69. The van der Waals surface area contributed by atoms with Gasteiger partial charge in [-0.2, -0.15) is 0 Å². The van der Waals surface area contributed by atoms with Crippen molar-refractivity contribution in [2.45, 2.75) is 37.8 Å². The van der Waals surface area contributed by atoms with Crippen LogP contribution in [0.15, 0.2) is 18.2 Å². The van der Waals surface area contributed by atoms with Gasteiger partial charge in [0, 0.05) is 12.1 Å². The Balaban J connectivity index is 2.24. The van der Waals surface area contributed by atoms with Crippen molar-refractivity contribution >= 4 is 11.7 Å². The van der Waals surface area contributed by atoms with Gasteiger partial charge >= 0.3 is 5.97 Å². The van der Waals surface area contributed by atoms with Crippen LogP contribution in [0.3, 0.4) is 0 Å². The molecule has 1 aromatic carbocycles. The Morgan fingerprint density at radius 2 is 2.11 bits per heavy atom. The van der Waals surface area contributed by atoms with Crippen LogP contribution < -0.4 is 11.1 Å². The Bertz CT molecular complexity index is 451. The number of hydrogen-bond acceptors (Lipinski definition) is 3. The standard InChI is InChI=1S/C13H17FN2O2/c14-9-5-3-4-8(13(17)18)12(9)16-11-7-2-1-6-10(11)15/h3-5,10-11,16H,1-2,6-7,15H2,(H,17,18). The fraction of sp³-hybridized carbons (Fsp3) is 0.462. The Morgan fingerprint density at radius 3 is 2.78 bits per heavy atom. The van der Waals surface area contributed by atoms with Gasteiger partial charge in [0.15, 0.2) is 0 Å². The number of carboxylic acids is 1. The van der Waals surface area contributed by atoms with E-state index in [1.54, 1.807) is 0 Å². The summed E-state index contributed by atoms with van der Waals surface area (Å²) in [5, 5.41) is 12.0. The molecule has 1 saturated carbocycles. The molecule has 2 atom stereocenters. The number of anilines is 1. The molecule has 1 aliphatic rings. The Kier molecular flexibility index (Phi) is 3.81. The topological polar surface area (TPSA) is 75.3 Å². The lowest BCUT2D eigenvalue weighted by molar-refractivity contribution is 0.0697. The van der Waals surface area contributed by atoms with Gasteiger partial charge in [-0.15, -0.1) is 0 Å². The highest BCUT2D eigenvalue weighted by Gasteiger charge is 2.24. The quantitative estimate of drug-likeness (QED) is 0.771. The number of hydrogen-bond donors (Lipinski definition) is 3. The minimum absolute atomic E-state index is 0.0484. The molecule has 18 heavy (non-hydrogen) atoms. The first kappa shape index (κ1) is 12.8. The van der Waals surface area contributed by atoms with E-state index in [4.69, 9.17) is 10.8 Å². The van der Waals surface area contributed by atoms with Crippen molar-refractivity contribution in [1.29, 1.82) is 0 Å². The van der Waals surface area contributed by atoms with Gasteiger partial charge in [0.25, 0.3) is 0 Å². The lowest BCUT2D eigenvalue weighted by atomic mass is 9.90. The maximum atomic E-state index is 13.7. The SMILES string of the molecule is NC1CCCCC1Nc1c(F)cccc1C(=O)O. The van der Waals surface area contributed by atoms with Crippen LogP contribution in [0.25, 0.3) is 0 Å². The molecule has 0 radical (unpaired) electrons. The third-order valence-electron chi connectivity index (χ3n) is 3.39. The fourth-order valence-electron chi connectivity index (χ4n) is 2.37. The van der Waals surface area contributed by atoms with Gasteiger partial charge in [0.05, 0.1) is 11.3 Å². The third-order valence-corrected chi connectivity index (χ3v) is 3.39. The van der Waals surface area contributed by atoms with Crippen LogP contribution in [0.2, 0.25) is 0 Å². The molecule has 2 rings (SSSR count). The Morgan fingerprint density at radius 1 is 1.39 bits per heavy atom. The van der Waals surface area contributed by atoms with Crippen LogP contribution in [-0.2, 0) is 0 Å². The van der Waals surface area contributed by atoms with Crippen molar-refractivity contribution in [3.05, 3.63) is 29.6 Å². The maximum absolute atomic E-state index is 13.7. The molecule has 0 heterocycles. The van der Waals surface area contributed by atoms with E-state index < -0.39 is 11.8 Å². The lowest BCUT2D eigenvalue weighted by Gasteiger charge is -2.30. The third kappa shape index (κ3) is 2.61. The molecule has 98 valence electrons. The van der Waals surface area contributed by atoms with E-state index in [0.29, 0.717) is 0 Å². The number of nitrogens with two attached hydrogens (primary N) is 1. The second kappa shape index (κ2) is 5.35. The predicted octanol–water partition coefficient (Wildman–Crippen LogP) is 2.21. The van der Waals surface area contributed by atoms with E-state index in [9.17, 15) is 9.18 Å². The molecule has 0 aliphatic heterocycles. The van der Waals surface area contributed by atoms with E-state index in [2.05, 4.69) is 5.32 Å². The molecule has 0 aromatic heterocycles. The van der Waals surface area contributed by atoms with Crippen LogP contribution in [0.1, 0.15) is 36.0 Å². The summed E-state index contributed by atoms with van der Waals surface area (Å²) in [6.07, 6.45) is 3.83. The number of benzene rings is 1. The first-order valence-electron chi connectivity index (χ1n) is 6.13. The summed E-state index contributed by atoms with van der Waals surface area (Å²) in [5.41, 5.74) is 5.97. The molecule has 0 spiro atoms. The van der Waals surface area contributed by atoms with E-state index in [-0.39, 0.29) is 23.3 Å². The van der Waals surface area contributed by atoms with E-state index in [1.807, 2.05) is 0 Å². The van der Waals surface area contributed by atoms with Gasteiger partial charge in [0.1, 0.15) is 5.82 Å². The zero-order valence-electron chi connectivity index (χ0n) is 10.0. The van der Waals surface area contributed by atoms with E-state index >= 15 is 0 Å². The van der Waals surface area contributed by atoms with E-state index in [0.717, 1.165) is 25.7 Å². The van der Waals surface area contributed by atoms with Gasteiger partial charge in [-0.25, -0.2) is 9.18 Å². The van der Waals surface area contributed by atoms with Gasteiger partial charge in [-0.3, -0.25) is 0 Å². The average molecular weight is 252 g/mol. The zero-order chi connectivity index (χ0) is 13.1. The van der Waals surface area contributed by atoms with Crippen molar-refractivity contribution < 1.29 is 14.3 Å². The van der Waals surface area contributed by atoms with Crippen LogP contribution in [-0.4, -0.2) is 23.2 Å². The van der Waals surface area contributed by atoms with Gasteiger partial charge in [-0.05, 0) is 25.0 Å². The fourth-order valence-corrected chi connectivity index (χ4v) is 2.37. The van der Waals surface area contributed by atoms with Crippen molar-refractivity contribution in [2.24, 2.45) is 5.73 Å². The number of nitrogens with one attached hydrogen (secondary N) is 1. The molecule has 1 aromatic rings. The largest absolute Gasteiger partial charge is 0.478 e. The second-order valence-electron chi connectivity index (χ2n) is 4.67. The molecule has 4 N–H and O–H groups in total. The summed E-state index contributed by atoms with van der Waals surface area (Å²) < 4.78 is 13.7. The zero-order valence-corrected chi connectivity index (χ0v) is 10.0. The molecule has 5 heteroatoms. The van der Waals surface area contributed by atoms with Crippen LogP contribution in [0.4, 0.5) is 10.1 Å². The lowest BCUT2D eigenvalue weighted by Crippen LogP contribution is -2.43. The number of rotatable bonds is 3. The molecule has 2 unspecified atom stereocenters. The number of aromatic carboxylic acids is 1. The first-order valence-corrected chi connectivity index (χ1v) is 6.13. The normalized spacial score (nSPS) is 23.7. The minimum atomic E-state index is -1.14. The van der Waals surface area contributed by atoms with Crippen molar-refractivity contribution in [2.75, 3.05) is 5.32 Å². The molecule has 1 fully saturated rings. The van der Waals surface area contributed by atoms with Crippen molar-refractivity contribution in [3.63, 3.8) is 0 Å². The van der Waals surface area contributed by atoms with Gasteiger partial charge in [0.2, 0.25) is 0 Å². The highest BCUT2D eigenvalue weighted by Crippen LogP contribution is 2.25. The van der Waals surface area contributed by atoms with Crippen molar-refractivity contribution in [3.8, 4) is 0 Å². The summed E-state index contributed by atoms with van der Waals surface area (Å²) in [7, 11) is 0. The molecular formula is C13H17FN2O2. The smallest absolute Gasteiger partial charge is 0.337 e. The number of halogens is 1. The number of carboxylic acid groups (broad SMARTS) is 1. The van der Waals surface area contributed by atoms with Gasteiger partial charge < -0.3 is 16.2 Å². The molecule has 0 saturated heterocycles. The molecule has 1 aliphatic carbocycles. The van der Waals surface area contributed by atoms with Crippen LogP contribution in [0, 0.1) is 5.82 Å². The second-order valence-corrected chi connectivity index (χ2v) is 4.67. The van der Waals surface area contributed by atoms with Gasteiger partial charge in [-0.1, -0.05) is 18.9 Å². The van der Waals surface area contributed by atoms with Crippen molar-refractivity contribution in [1.82, 2.24) is 0 Å². The number of carbonyl (C=O) groups is 1. The molecule has 4 nitrogen and oxygen atoms in total. The highest BCUT2D eigenvalue weighted by molar-refractivity contribution is 5.94. The summed E-state index contributed by atoms with van der Waals surface area (Å²) in [6, 6.07) is 3.92. The van der Waals surface area contributed by atoms with Crippen LogP contribution >= 0.6 is 0 Å². The maximum Gasteiger partial charge on any atom is 0.337 e. The minimum Gasteiger partial charge on any atom is -0.478 e. The Hall–Kier alpha value is -1.62.